The Labute approximate surface area is 101 Å². The molecular formula is C12H18ClFN2. The van der Waals surface area contributed by atoms with Gasteiger partial charge in [0.25, 0.3) is 0 Å². The largest absolute Gasteiger partial charge is 0.271 e. The minimum absolute atomic E-state index is 0.142. The standard InChI is InChI=1S/C12H18ClFN2/c1-3-8(4-2)12(16-15)9-6-5-7-10(13)11(9)14/h5-8,12,16H,3-4,15H2,1-2H3. The third-order valence-corrected chi connectivity index (χ3v) is 3.31. The predicted octanol–water partition coefficient (Wildman–Crippen LogP) is 3.42. The van der Waals surface area contributed by atoms with Crippen LogP contribution in [0.3, 0.4) is 0 Å². The topological polar surface area (TPSA) is 38.0 Å². The molecule has 0 amide bonds. The molecule has 16 heavy (non-hydrogen) atoms. The van der Waals surface area contributed by atoms with Crippen molar-refractivity contribution < 1.29 is 4.39 Å². The van der Waals surface area contributed by atoms with Gasteiger partial charge in [0.05, 0.1) is 11.1 Å². The van der Waals surface area contributed by atoms with E-state index in [0.717, 1.165) is 12.8 Å². The number of nitrogens with one attached hydrogen (secondary N) is 1. The normalized spacial score (nSPS) is 13.1. The van der Waals surface area contributed by atoms with E-state index in [0.29, 0.717) is 11.5 Å². The molecule has 1 aromatic carbocycles. The Hall–Kier alpha value is -0.640. The van der Waals surface area contributed by atoms with E-state index in [1.165, 1.54) is 0 Å². The lowest BCUT2D eigenvalue weighted by Crippen LogP contribution is -2.33. The summed E-state index contributed by atoms with van der Waals surface area (Å²) < 4.78 is 13.8. The molecule has 0 saturated carbocycles. The van der Waals surface area contributed by atoms with Crippen LogP contribution >= 0.6 is 11.6 Å². The maximum absolute atomic E-state index is 13.8. The molecule has 0 saturated heterocycles. The fourth-order valence-corrected chi connectivity index (χ4v) is 2.18. The van der Waals surface area contributed by atoms with Gasteiger partial charge in [0.15, 0.2) is 0 Å². The molecule has 1 rings (SSSR count). The van der Waals surface area contributed by atoms with E-state index in [-0.39, 0.29) is 16.9 Å². The van der Waals surface area contributed by atoms with Crippen LogP contribution < -0.4 is 11.3 Å². The van der Waals surface area contributed by atoms with Gasteiger partial charge < -0.3 is 0 Å². The Morgan fingerprint density at radius 1 is 1.38 bits per heavy atom. The zero-order valence-electron chi connectivity index (χ0n) is 9.63. The summed E-state index contributed by atoms with van der Waals surface area (Å²) in [4.78, 5) is 0. The van der Waals surface area contributed by atoms with E-state index < -0.39 is 0 Å². The lowest BCUT2D eigenvalue weighted by molar-refractivity contribution is 0.336. The second-order valence-corrected chi connectivity index (χ2v) is 4.27. The summed E-state index contributed by atoms with van der Waals surface area (Å²) in [5.41, 5.74) is 3.23. The average Bonchev–Trinajstić information content (AvgIpc) is 2.30. The number of benzene rings is 1. The van der Waals surface area contributed by atoms with Crippen LogP contribution in [0.15, 0.2) is 18.2 Å². The van der Waals surface area contributed by atoms with E-state index >= 15 is 0 Å². The molecule has 0 heterocycles. The van der Waals surface area contributed by atoms with Crippen LogP contribution in [0.2, 0.25) is 5.02 Å². The molecule has 90 valence electrons. The van der Waals surface area contributed by atoms with E-state index in [2.05, 4.69) is 19.3 Å². The smallest absolute Gasteiger partial charge is 0.146 e. The first-order valence-electron chi connectivity index (χ1n) is 5.55. The number of hydrogen-bond acceptors (Lipinski definition) is 2. The van der Waals surface area contributed by atoms with Crippen LogP contribution in [0.1, 0.15) is 38.3 Å². The SMILES string of the molecule is CCC(CC)C(NN)c1cccc(Cl)c1F. The number of hydrogen-bond donors (Lipinski definition) is 2. The van der Waals surface area contributed by atoms with Crippen molar-refractivity contribution in [3.8, 4) is 0 Å². The average molecular weight is 245 g/mol. The number of halogens is 2. The number of nitrogens with two attached hydrogens (primary N) is 1. The van der Waals surface area contributed by atoms with Gasteiger partial charge in [0, 0.05) is 5.56 Å². The number of hydrazine groups is 1. The summed E-state index contributed by atoms with van der Waals surface area (Å²) in [7, 11) is 0. The molecule has 0 fully saturated rings. The van der Waals surface area contributed by atoms with Crippen molar-refractivity contribution in [2.45, 2.75) is 32.7 Å². The highest BCUT2D eigenvalue weighted by atomic mass is 35.5. The van der Waals surface area contributed by atoms with Gasteiger partial charge in [0.2, 0.25) is 0 Å². The molecule has 0 radical (unpaired) electrons. The van der Waals surface area contributed by atoms with Crippen molar-refractivity contribution in [2.75, 3.05) is 0 Å². The van der Waals surface area contributed by atoms with Gasteiger partial charge in [0.1, 0.15) is 5.82 Å². The Bertz CT molecular complexity index is 340. The summed E-state index contributed by atoms with van der Waals surface area (Å²) in [6.45, 7) is 4.14. The van der Waals surface area contributed by atoms with Crippen molar-refractivity contribution in [1.82, 2.24) is 5.43 Å². The van der Waals surface area contributed by atoms with Crippen LogP contribution in [0.5, 0.6) is 0 Å². The van der Waals surface area contributed by atoms with E-state index in [1.54, 1.807) is 18.2 Å². The molecular weight excluding hydrogens is 227 g/mol. The second kappa shape index (κ2) is 6.18. The van der Waals surface area contributed by atoms with Gasteiger partial charge >= 0.3 is 0 Å². The minimum atomic E-state index is -0.376. The first-order chi connectivity index (χ1) is 7.65. The monoisotopic (exact) mass is 244 g/mol. The molecule has 0 aliphatic carbocycles. The maximum atomic E-state index is 13.8. The Balaban J connectivity index is 3.07. The van der Waals surface area contributed by atoms with Gasteiger partial charge in [-0.05, 0) is 12.0 Å². The highest BCUT2D eigenvalue weighted by molar-refractivity contribution is 6.30. The molecule has 0 aliphatic heterocycles. The Kier molecular flexibility index (Phi) is 5.19. The van der Waals surface area contributed by atoms with Crippen LogP contribution in [0, 0.1) is 11.7 Å². The van der Waals surface area contributed by atoms with Crippen molar-refractivity contribution in [2.24, 2.45) is 11.8 Å². The second-order valence-electron chi connectivity index (χ2n) is 3.86. The lowest BCUT2D eigenvalue weighted by Gasteiger charge is -2.25. The summed E-state index contributed by atoms with van der Waals surface area (Å²) in [5, 5.41) is 0.142. The molecule has 1 aromatic rings. The van der Waals surface area contributed by atoms with E-state index in [4.69, 9.17) is 17.4 Å². The zero-order chi connectivity index (χ0) is 12.1. The van der Waals surface area contributed by atoms with Gasteiger partial charge in [-0.1, -0.05) is 50.4 Å². The zero-order valence-corrected chi connectivity index (χ0v) is 10.4. The van der Waals surface area contributed by atoms with Gasteiger partial charge in [-0.3, -0.25) is 11.3 Å². The predicted molar refractivity (Wildman–Crippen MR) is 65.5 cm³/mol. The van der Waals surface area contributed by atoms with E-state index in [9.17, 15) is 4.39 Å². The fourth-order valence-electron chi connectivity index (χ4n) is 2.00. The molecule has 0 aliphatic rings. The molecule has 1 atom stereocenters. The third-order valence-electron chi connectivity index (χ3n) is 3.02. The summed E-state index contributed by atoms with van der Waals surface area (Å²) in [5.74, 6) is 5.44. The third kappa shape index (κ3) is 2.73. The summed E-state index contributed by atoms with van der Waals surface area (Å²) >= 11 is 5.76. The maximum Gasteiger partial charge on any atom is 0.146 e. The first kappa shape index (κ1) is 13.4. The molecule has 0 aromatic heterocycles. The van der Waals surface area contributed by atoms with Crippen molar-refractivity contribution in [3.63, 3.8) is 0 Å². The van der Waals surface area contributed by atoms with E-state index in [1.807, 2.05) is 0 Å². The van der Waals surface area contributed by atoms with Crippen molar-refractivity contribution in [1.29, 1.82) is 0 Å². The van der Waals surface area contributed by atoms with Crippen LogP contribution in [0.4, 0.5) is 4.39 Å². The summed E-state index contributed by atoms with van der Waals surface area (Å²) in [6, 6.07) is 4.83. The Morgan fingerprint density at radius 3 is 2.50 bits per heavy atom. The van der Waals surface area contributed by atoms with Crippen LogP contribution in [0.25, 0.3) is 0 Å². The highest BCUT2D eigenvalue weighted by Crippen LogP contribution is 2.30. The quantitative estimate of drug-likeness (QED) is 0.615. The molecule has 3 N–H and O–H groups in total. The lowest BCUT2D eigenvalue weighted by atomic mass is 9.89. The highest BCUT2D eigenvalue weighted by Gasteiger charge is 2.22. The van der Waals surface area contributed by atoms with Crippen molar-refractivity contribution in [3.05, 3.63) is 34.6 Å². The molecule has 0 spiro atoms. The first-order valence-corrected chi connectivity index (χ1v) is 5.93. The van der Waals surface area contributed by atoms with Crippen molar-refractivity contribution >= 4 is 11.6 Å². The van der Waals surface area contributed by atoms with Crippen LogP contribution in [-0.4, -0.2) is 0 Å². The molecule has 4 heteroatoms. The Morgan fingerprint density at radius 2 is 2.00 bits per heavy atom. The molecule has 1 unspecified atom stereocenters. The molecule has 0 bridgehead atoms. The van der Waals surface area contributed by atoms with Gasteiger partial charge in [-0.25, -0.2) is 4.39 Å². The van der Waals surface area contributed by atoms with Crippen LogP contribution in [-0.2, 0) is 0 Å². The number of rotatable bonds is 5. The van der Waals surface area contributed by atoms with Gasteiger partial charge in [-0.2, -0.15) is 0 Å². The molecule has 2 nitrogen and oxygen atoms in total. The summed E-state index contributed by atoms with van der Waals surface area (Å²) in [6.07, 6.45) is 1.88. The van der Waals surface area contributed by atoms with Gasteiger partial charge in [-0.15, -0.1) is 0 Å². The fraction of sp³-hybridized carbons (Fsp3) is 0.500. The minimum Gasteiger partial charge on any atom is -0.271 e.